The van der Waals surface area contributed by atoms with Gasteiger partial charge >= 0.3 is 64.6 Å². The summed E-state index contributed by atoms with van der Waals surface area (Å²) in [6.07, 6.45) is 0. The van der Waals surface area contributed by atoms with Crippen molar-refractivity contribution in [1.82, 2.24) is 0 Å². The predicted molar refractivity (Wildman–Crippen MR) is 33.0 cm³/mol. The van der Waals surface area contributed by atoms with Crippen LogP contribution in [0, 0.1) is 0 Å². The van der Waals surface area contributed by atoms with Crippen molar-refractivity contribution in [2.45, 2.75) is 0 Å². The Morgan fingerprint density at radius 3 is 2.12 bits per heavy atom. The molecule has 0 atom stereocenters. The van der Waals surface area contributed by atoms with Crippen LogP contribution in [0.5, 0.6) is 0 Å². The van der Waals surface area contributed by atoms with Gasteiger partial charge in [0.1, 0.15) is 0 Å². The molecule has 1 aromatic rings. The molecule has 0 N–H and O–H groups in total. The van der Waals surface area contributed by atoms with Gasteiger partial charge in [-0.15, -0.1) is 0 Å². The van der Waals surface area contributed by atoms with E-state index in [9.17, 15) is 0 Å². The van der Waals surface area contributed by atoms with Gasteiger partial charge in [0.25, 0.3) is 0 Å². The van der Waals surface area contributed by atoms with Crippen LogP contribution >= 0.6 is 5.40 Å². The van der Waals surface area contributed by atoms with E-state index in [1.165, 1.54) is 10.7 Å². The van der Waals surface area contributed by atoms with Gasteiger partial charge in [-0.3, -0.25) is 0 Å². The summed E-state index contributed by atoms with van der Waals surface area (Å²) in [7, 11) is 0. The predicted octanol–water partition coefficient (Wildman–Crippen LogP) is 1.72. The molecule has 0 saturated heterocycles. The summed E-state index contributed by atoms with van der Waals surface area (Å²) in [6, 6.07) is 10.5. The summed E-state index contributed by atoms with van der Waals surface area (Å²) in [5, 5.41) is 2.86. The third kappa shape index (κ3) is 1.73. The van der Waals surface area contributed by atoms with Crippen molar-refractivity contribution >= 4 is 10.7 Å². The van der Waals surface area contributed by atoms with Crippen molar-refractivity contribution in [3.63, 3.8) is 0 Å². The van der Waals surface area contributed by atoms with Gasteiger partial charge < -0.3 is 0 Å². The van der Waals surface area contributed by atoms with Crippen LogP contribution in [-0.2, 0) is 23.6 Å². The zero-order chi connectivity index (χ0) is 5.82. The summed E-state index contributed by atoms with van der Waals surface area (Å²) >= 11 is 1.56. The summed E-state index contributed by atoms with van der Waals surface area (Å²) < 4.78 is 0. The topological polar surface area (TPSA) is 0 Å². The standard InChI is InChI=1S/C6H5P.Zr/c7-6-4-2-1-3-5-6;/h1-5H;/q;+2. The maximum absolute atomic E-state index is 2.15. The zero-order valence-corrected chi connectivity index (χ0v) is 7.69. The summed E-state index contributed by atoms with van der Waals surface area (Å²) in [6.45, 7) is 0. The van der Waals surface area contributed by atoms with Crippen LogP contribution in [0.15, 0.2) is 30.3 Å². The molecule has 0 fully saturated rings. The first-order valence-electron chi connectivity index (χ1n) is 2.36. The van der Waals surface area contributed by atoms with Crippen LogP contribution < -0.4 is 5.30 Å². The average Bonchev–Trinajstić information content (AvgIpc) is 1.90. The quantitative estimate of drug-likeness (QED) is 0.604. The van der Waals surface area contributed by atoms with Crippen LogP contribution in [0.25, 0.3) is 0 Å². The van der Waals surface area contributed by atoms with Crippen molar-refractivity contribution in [2.24, 2.45) is 0 Å². The first kappa shape index (κ1) is 6.52. The Morgan fingerprint density at radius 2 is 1.75 bits per heavy atom. The zero-order valence-electron chi connectivity index (χ0n) is 4.33. The molecule has 0 bridgehead atoms. The molecule has 8 heavy (non-hydrogen) atoms. The van der Waals surface area contributed by atoms with E-state index >= 15 is 0 Å². The Bertz CT molecular complexity index is 171. The Hall–Kier alpha value is 0.403. The fourth-order valence-corrected chi connectivity index (χ4v) is 1.92. The maximum atomic E-state index is 2.15. The first-order chi connectivity index (χ1) is 3.93. The number of benzene rings is 1. The molecule has 0 unspecified atom stereocenters. The SMILES string of the molecule is [Zr+2]=[P]c1ccccc1. The van der Waals surface area contributed by atoms with E-state index in [0.29, 0.717) is 0 Å². The molecular weight excluding hydrogens is 194 g/mol. The molecule has 2 heteroatoms. The van der Waals surface area contributed by atoms with Crippen molar-refractivity contribution in [2.75, 3.05) is 0 Å². The van der Waals surface area contributed by atoms with E-state index in [0.717, 1.165) is 0 Å². The van der Waals surface area contributed by atoms with Gasteiger partial charge in [0.15, 0.2) is 0 Å². The molecule has 0 radical (unpaired) electrons. The Balaban J connectivity index is 2.99. The number of rotatable bonds is 1. The van der Waals surface area contributed by atoms with Crippen molar-refractivity contribution in [3.05, 3.63) is 30.3 Å². The van der Waals surface area contributed by atoms with Crippen molar-refractivity contribution in [1.29, 1.82) is 0 Å². The van der Waals surface area contributed by atoms with E-state index in [4.69, 9.17) is 0 Å². The van der Waals surface area contributed by atoms with Crippen LogP contribution in [0.1, 0.15) is 0 Å². The third-order valence-electron chi connectivity index (χ3n) is 0.885. The van der Waals surface area contributed by atoms with Gasteiger partial charge in [-0.1, -0.05) is 0 Å². The molecule has 0 aromatic heterocycles. The average molecular weight is 199 g/mol. The summed E-state index contributed by atoms with van der Waals surface area (Å²) in [4.78, 5) is 0. The molecular formula is C6H5PZr+2. The molecule has 1 rings (SSSR count). The van der Waals surface area contributed by atoms with Gasteiger partial charge in [0.2, 0.25) is 0 Å². The molecule has 0 heterocycles. The molecule has 0 aliphatic rings. The third-order valence-corrected chi connectivity index (χ3v) is 3.35. The monoisotopic (exact) mass is 198 g/mol. The van der Waals surface area contributed by atoms with Crippen molar-refractivity contribution < 1.29 is 23.6 Å². The minimum atomic E-state index is 1.42. The molecule has 0 spiro atoms. The molecule has 0 saturated carbocycles. The molecule has 36 valence electrons. The Labute approximate surface area is 64.6 Å². The van der Waals surface area contributed by atoms with E-state index in [2.05, 4.69) is 24.3 Å². The fourth-order valence-electron chi connectivity index (χ4n) is 0.503. The Morgan fingerprint density at radius 1 is 1.12 bits per heavy atom. The number of hydrogen-bond donors (Lipinski definition) is 0. The van der Waals surface area contributed by atoms with Gasteiger partial charge in [-0.05, 0) is 0 Å². The van der Waals surface area contributed by atoms with Gasteiger partial charge in [-0.2, -0.15) is 0 Å². The van der Waals surface area contributed by atoms with E-state index in [1.807, 2.05) is 6.07 Å². The second-order valence-corrected chi connectivity index (χ2v) is 3.84. The van der Waals surface area contributed by atoms with Crippen LogP contribution in [0.3, 0.4) is 0 Å². The second-order valence-electron chi connectivity index (χ2n) is 1.45. The fraction of sp³-hybridized carbons (Fsp3) is 0. The van der Waals surface area contributed by atoms with E-state index in [1.54, 1.807) is 23.6 Å². The summed E-state index contributed by atoms with van der Waals surface area (Å²) in [5.74, 6) is 0. The molecule has 0 aliphatic heterocycles. The van der Waals surface area contributed by atoms with E-state index in [-0.39, 0.29) is 0 Å². The van der Waals surface area contributed by atoms with Crippen molar-refractivity contribution in [3.8, 4) is 0 Å². The molecule has 0 aliphatic carbocycles. The van der Waals surface area contributed by atoms with E-state index < -0.39 is 0 Å². The molecule has 0 amide bonds. The Kier molecular flexibility index (Phi) is 2.80. The molecule has 0 nitrogen and oxygen atoms in total. The van der Waals surface area contributed by atoms with Crippen LogP contribution in [-0.4, -0.2) is 0 Å². The first-order valence-corrected chi connectivity index (χ1v) is 6.55. The minimum absolute atomic E-state index is 1.42. The second kappa shape index (κ2) is 3.43. The van der Waals surface area contributed by atoms with Gasteiger partial charge in [0.05, 0.1) is 0 Å². The summed E-state index contributed by atoms with van der Waals surface area (Å²) in [5.41, 5.74) is 0. The number of hydrogen-bond acceptors (Lipinski definition) is 0. The van der Waals surface area contributed by atoms with Crippen LogP contribution in [0.2, 0.25) is 0 Å². The van der Waals surface area contributed by atoms with Gasteiger partial charge in [-0.25, -0.2) is 0 Å². The van der Waals surface area contributed by atoms with Crippen LogP contribution in [0.4, 0.5) is 0 Å². The van der Waals surface area contributed by atoms with Gasteiger partial charge in [0, 0.05) is 0 Å². The molecule has 1 aromatic carbocycles. The normalized spacial score (nSPS) is 9.75.